The van der Waals surface area contributed by atoms with Crippen molar-refractivity contribution in [3.63, 3.8) is 0 Å². The Kier molecular flexibility index (Phi) is 5.41. The van der Waals surface area contributed by atoms with Crippen LogP contribution in [0.4, 0.5) is 0 Å². The maximum atomic E-state index is 11.9. The number of nitrogens with one attached hydrogen (secondary N) is 1. The molecule has 0 radical (unpaired) electrons. The quantitative estimate of drug-likeness (QED) is 0.733. The number of hydrogen-bond acceptors (Lipinski definition) is 3. The van der Waals surface area contributed by atoms with Crippen LogP contribution in [0.1, 0.15) is 23.3 Å². The van der Waals surface area contributed by atoms with Gasteiger partial charge in [0.1, 0.15) is 16.9 Å². The van der Waals surface area contributed by atoms with E-state index >= 15 is 0 Å². The highest BCUT2D eigenvalue weighted by molar-refractivity contribution is 6.41. The van der Waals surface area contributed by atoms with E-state index in [2.05, 4.69) is 5.32 Å². The highest BCUT2D eigenvalue weighted by Gasteiger charge is 2.24. The zero-order chi connectivity index (χ0) is 15.4. The number of hydrogen-bond donors (Lipinski definition) is 3. The molecule has 0 bridgehead atoms. The summed E-state index contributed by atoms with van der Waals surface area (Å²) in [7, 11) is 1.50. The number of carbonyl (C=O) groups is 3. The largest absolute Gasteiger partial charge is 0.481 e. The summed E-state index contributed by atoms with van der Waals surface area (Å²) in [5.41, 5.74) is 0.0848. The molecular formula is C11H12Cl2N2O5. The summed E-state index contributed by atoms with van der Waals surface area (Å²) in [5.74, 6) is -3.15. The van der Waals surface area contributed by atoms with Crippen LogP contribution in [0.25, 0.3) is 0 Å². The molecule has 0 aliphatic heterocycles. The van der Waals surface area contributed by atoms with E-state index in [-0.39, 0.29) is 28.7 Å². The van der Waals surface area contributed by atoms with Crippen LogP contribution >= 0.6 is 23.2 Å². The maximum Gasteiger partial charge on any atom is 0.326 e. The zero-order valence-electron chi connectivity index (χ0n) is 10.4. The van der Waals surface area contributed by atoms with E-state index < -0.39 is 23.9 Å². The van der Waals surface area contributed by atoms with Gasteiger partial charge < -0.3 is 20.1 Å². The van der Waals surface area contributed by atoms with Gasteiger partial charge in [0, 0.05) is 13.5 Å². The lowest BCUT2D eigenvalue weighted by Crippen LogP contribution is -2.41. The van der Waals surface area contributed by atoms with Gasteiger partial charge in [0.25, 0.3) is 5.91 Å². The molecule has 0 unspecified atom stereocenters. The minimum absolute atomic E-state index is 0.0848. The van der Waals surface area contributed by atoms with Crippen molar-refractivity contribution < 1.29 is 24.6 Å². The van der Waals surface area contributed by atoms with Crippen LogP contribution in [0.15, 0.2) is 6.07 Å². The zero-order valence-corrected chi connectivity index (χ0v) is 11.9. The third-order valence-corrected chi connectivity index (χ3v) is 3.44. The molecule has 1 heterocycles. The molecule has 1 amide bonds. The Balaban J connectivity index is 2.82. The molecule has 0 aromatic carbocycles. The predicted molar refractivity (Wildman–Crippen MR) is 71.2 cm³/mol. The Labute approximate surface area is 124 Å². The van der Waals surface area contributed by atoms with Gasteiger partial charge in [-0.15, -0.1) is 0 Å². The first-order valence-electron chi connectivity index (χ1n) is 5.50. The van der Waals surface area contributed by atoms with Crippen LogP contribution in [0.5, 0.6) is 0 Å². The van der Waals surface area contributed by atoms with Crippen molar-refractivity contribution in [3.8, 4) is 0 Å². The minimum atomic E-state index is -1.31. The number of carbonyl (C=O) groups excluding carboxylic acids is 1. The molecule has 1 aromatic heterocycles. The molecule has 1 atom stereocenters. The summed E-state index contributed by atoms with van der Waals surface area (Å²) in [5, 5.41) is 20.0. The topological polar surface area (TPSA) is 109 Å². The lowest BCUT2D eigenvalue weighted by Gasteiger charge is -2.13. The Hall–Kier alpha value is -1.73. The number of aromatic nitrogens is 1. The van der Waals surface area contributed by atoms with E-state index in [1.807, 2.05) is 0 Å². The van der Waals surface area contributed by atoms with Gasteiger partial charge in [0.05, 0.1) is 5.02 Å². The van der Waals surface area contributed by atoms with Gasteiger partial charge in [-0.25, -0.2) is 4.79 Å². The summed E-state index contributed by atoms with van der Waals surface area (Å²) < 4.78 is 1.30. The fraction of sp³-hybridized carbons (Fsp3) is 0.364. The van der Waals surface area contributed by atoms with Crippen LogP contribution in [0, 0.1) is 0 Å². The van der Waals surface area contributed by atoms with Crippen LogP contribution in [-0.2, 0) is 16.6 Å². The summed E-state index contributed by atoms with van der Waals surface area (Å²) in [6.45, 7) is 0. The maximum absolute atomic E-state index is 11.9. The predicted octanol–water partition coefficient (Wildman–Crippen LogP) is 1.38. The van der Waals surface area contributed by atoms with Crippen LogP contribution in [0.3, 0.4) is 0 Å². The number of carboxylic acids is 2. The molecule has 9 heteroatoms. The van der Waals surface area contributed by atoms with Crippen molar-refractivity contribution in [1.29, 1.82) is 0 Å². The van der Waals surface area contributed by atoms with E-state index in [4.69, 9.17) is 33.4 Å². The van der Waals surface area contributed by atoms with E-state index in [1.165, 1.54) is 17.7 Å². The van der Waals surface area contributed by atoms with Gasteiger partial charge >= 0.3 is 11.9 Å². The molecule has 0 aliphatic carbocycles. The van der Waals surface area contributed by atoms with Crippen molar-refractivity contribution in [2.24, 2.45) is 7.05 Å². The fourth-order valence-corrected chi connectivity index (χ4v) is 1.89. The third kappa shape index (κ3) is 3.88. The molecule has 1 rings (SSSR count). The lowest BCUT2D eigenvalue weighted by atomic mass is 10.1. The number of halogens is 2. The SMILES string of the molecule is Cn1c(C(=O)N[C@@H](CCC(=O)O)C(=O)O)cc(Cl)c1Cl. The molecule has 20 heavy (non-hydrogen) atoms. The third-order valence-electron chi connectivity index (χ3n) is 2.60. The van der Waals surface area contributed by atoms with Gasteiger partial charge in [0.15, 0.2) is 0 Å². The first-order chi connectivity index (χ1) is 9.23. The van der Waals surface area contributed by atoms with Crippen molar-refractivity contribution in [2.75, 3.05) is 0 Å². The van der Waals surface area contributed by atoms with Gasteiger partial charge in [-0.3, -0.25) is 9.59 Å². The van der Waals surface area contributed by atoms with Crippen molar-refractivity contribution in [2.45, 2.75) is 18.9 Å². The highest BCUT2D eigenvalue weighted by Crippen LogP contribution is 2.25. The molecule has 0 saturated heterocycles. The second-order valence-corrected chi connectivity index (χ2v) is 4.79. The molecule has 7 nitrogen and oxygen atoms in total. The van der Waals surface area contributed by atoms with Gasteiger partial charge in [-0.2, -0.15) is 0 Å². The lowest BCUT2D eigenvalue weighted by molar-refractivity contribution is -0.140. The van der Waals surface area contributed by atoms with Gasteiger partial charge in [-0.05, 0) is 12.5 Å². The molecule has 0 spiro atoms. The number of nitrogens with zero attached hydrogens (tertiary/aromatic N) is 1. The smallest absolute Gasteiger partial charge is 0.326 e. The summed E-state index contributed by atoms with van der Waals surface area (Å²) >= 11 is 11.6. The minimum Gasteiger partial charge on any atom is -0.481 e. The molecule has 0 aliphatic rings. The molecule has 110 valence electrons. The van der Waals surface area contributed by atoms with Crippen molar-refractivity contribution in [3.05, 3.63) is 21.9 Å². The fourth-order valence-electron chi connectivity index (χ4n) is 1.52. The average molecular weight is 323 g/mol. The summed E-state index contributed by atoms with van der Waals surface area (Å²) in [6.07, 6.45) is -0.589. The molecule has 3 N–H and O–H groups in total. The number of carboxylic acid groups (broad SMARTS) is 2. The second-order valence-electron chi connectivity index (χ2n) is 4.02. The summed E-state index contributed by atoms with van der Waals surface area (Å²) in [4.78, 5) is 33.3. The molecule has 1 aromatic rings. The van der Waals surface area contributed by atoms with E-state index in [1.54, 1.807) is 0 Å². The highest BCUT2D eigenvalue weighted by atomic mass is 35.5. The number of aliphatic carboxylic acids is 2. The van der Waals surface area contributed by atoms with Crippen LogP contribution < -0.4 is 5.32 Å². The van der Waals surface area contributed by atoms with E-state index in [0.29, 0.717) is 0 Å². The molecule has 0 fully saturated rings. The first kappa shape index (κ1) is 16.3. The van der Waals surface area contributed by atoms with E-state index in [9.17, 15) is 14.4 Å². The van der Waals surface area contributed by atoms with Crippen LogP contribution in [0.2, 0.25) is 10.2 Å². The monoisotopic (exact) mass is 322 g/mol. The van der Waals surface area contributed by atoms with Crippen molar-refractivity contribution >= 4 is 41.0 Å². The van der Waals surface area contributed by atoms with E-state index in [0.717, 1.165) is 0 Å². The van der Waals surface area contributed by atoms with Crippen LogP contribution in [-0.4, -0.2) is 38.7 Å². The molecular weight excluding hydrogens is 311 g/mol. The second kappa shape index (κ2) is 6.62. The average Bonchev–Trinajstić information content (AvgIpc) is 2.61. The molecule has 0 saturated carbocycles. The Morgan fingerprint density at radius 1 is 1.35 bits per heavy atom. The normalized spacial score (nSPS) is 11.9. The first-order valence-corrected chi connectivity index (χ1v) is 6.25. The van der Waals surface area contributed by atoms with Crippen molar-refractivity contribution in [1.82, 2.24) is 9.88 Å². The Morgan fingerprint density at radius 3 is 2.35 bits per heavy atom. The summed E-state index contributed by atoms with van der Waals surface area (Å²) in [6, 6.07) is 0.000968. The Bertz CT molecular complexity index is 555. The number of rotatable bonds is 6. The van der Waals surface area contributed by atoms with Gasteiger partial charge in [0.2, 0.25) is 0 Å². The standard InChI is InChI=1S/C11H12Cl2N2O5/c1-15-7(4-5(12)9(15)13)10(18)14-6(11(19)20)2-3-8(16)17/h4,6H,2-3H2,1H3,(H,14,18)(H,16,17)(H,19,20)/t6-/m0/s1. The van der Waals surface area contributed by atoms with Gasteiger partial charge in [-0.1, -0.05) is 23.2 Å². The Morgan fingerprint density at radius 2 is 1.95 bits per heavy atom. The number of amides is 1.